The second kappa shape index (κ2) is 7.25. The summed E-state index contributed by atoms with van der Waals surface area (Å²) in [6.07, 6.45) is 0.394. The number of ether oxygens (including phenoxy) is 1. The van der Waals surface area contributed by atoms with Crippen molar-refractivity contribution in [1.29, 1.82) is 0 Å². The molecular weight excluding hydrogens is 318 g/mol. The number of anilines is 2. The first-order valence-corrected chi connectivity index (χ1v) is 8.20. The van der Waals surface area contributed by atoms with Crippen molar-refractivity contribution in [1.82, 2.24) is 5.32 Å². The molecule has 0 bridgehead atoms. The highest BCUT2D eigenvalue weighted by molar-refractivity contribution is 6.03. The maximum Gasteiger partial charge on any atom is 0.254 e. The van der Waals surface area contributed by atoms with Crippen molar-refractivity contribution in [2.75, 3.05) is 24.0 Å². The number of carbonyl (C=O) groups excluding carboxylic acids is 2. The summed E-state index contributed by atoms with van der Waals surface area (Å²) >= 11 is 0. The number of hydrogen-bond donors (Lipinski definition) is 2. The van der Waals surface area contributed by atoms with Gasteiger partial charge >= 0.3 is 0 Å². The summed E-state index contributed by atoms with van der Waals surface area (Å²) in [5, 5.41) is 5.66. The predicted molar refractivity (Wildman–Crippen MR) is 96.9 cm³/mol. The molecule has 1 aliphatic heterocycles. The van der Waals surface area contributed by atoms with E-state index in [1.807, 2.05) is 36.4 Å². The van der Waals surface area contributed by atoms with Gasteiger partial charge in [0.05, 0.1) is 25.0 Å². The molecule has 6 nitrogen and oxygen atoms in total. The fourth-order valence-electron chi connectivity index (χ4n) is 2.80. The second-order valence-corrected chi connectivity index (χ2v) is 5.85. The lowest BCUT2D eigenvalue weighted by atomic mass is 10.1. The molecule has 0 aliphatic carbocycles. The molecule has 0 fully saturated rings. The van der Waals surface area contributed by atoms with Crippen LogP contribution in [0.5, 0.6) is 5.75 Å². The minimum Gasteiger partial charge on any atom is -0.497 e. The summed E-state index contributed by atoms with van der Waals surface area (Å²) in [5.41, 5.74) is 3.12. The molecule has 2 N–H and O–H groups in total. The van der Waals surface area contributed by atoms with Gasteiger partial charge in [-0.15, -0.1) is 0 Å². The van der Waals surface area contributed by atoms with E-state index >= 15 is 0 Å². The highest BCUT2D eigenvalue weighted by Gasteiger charge is 2.23. The van der Waals surface area contributed by atoms with Crippen LogP contribution >= 0.6 is 0 Å². The van der Waals surface area contributed by atoms with Crippen LogP contribution in [0.3, 0.4) is 0 Å². The lowest BCUT2D eigenvalue weighted by Gasteiger charge is -2.31. The molecule has 1 aliphatic rings. The van der Waals surface area contributed by atoms with E-state index in [9.17, 15) is 9.59 Å². The molecular formula is C19H21N3O3. The fraction of sp³-hybridized carbons (Fsp3) is 0.263. The highest BCUT2D eigenvalue weighted by Crippen LogP contribution is 2.28. The SMILES string of the molecule is CCC(=O)Nc1ccc2c(c1)C(=O)NCN2Cc1cccc(OC)c1. The molecule has 2 aromatic carbocycles. The average Bonchev–Trinajstić information content (AvgIpc) is 2.64. The quantitative estimate of drug-likeness (QED) is 0.879. The number of carbonyl (C=O) groups is 2. The van der Waals surface area contributed by atoms with Gasteiger partial charge in [0, 0.05) is 18.7 Å². The van der Waals surface area contributed by atoms with Crippen LogP contribution in [0.15, 0.2) is 42.5 Å². The Labute approximate surface area is 146 Å². The van der Waals surface area contributed by atoms with E-state index in [1.165, 1.54) is 0 Å². The van der Waals surface area contributed by atoms with Crippen LogP contribution in [0.1, 0.15) is 29.3 Å². The second-order valence-electron chi connectivity index (χ2n) is 5.85. The van der Waals surface area contributed by atoms with Gasteiger partial charge in [-0.05, 0) is 35.9 Å². The Morgan fingerprint density at radius 2 is 2.12 bits per heavy atom. The summed E-state index contributed by atoms with van der Waals surface area (Å²) in [7, 11) is 1.64. The molecule has 0 aromatic heterocycles. The molecule has 2 aromatic rings. The van der Waals surface area contributed by atoms with Crippen molar-refractivity contribution >= 4 is 23.2 Å². The Morgan fingerprint density at radius 3 is 2.88 bits per heavy atom. The molecule has 0 atom stereocenters. The van der Waals surface area contributed by atoms with Gasteiger partial charge in [-0.1, -0.05) is 19.1 Å². The Balaban J connectivity index is 1.86. The van der Waals surface area contributed by atoms with E-state index in [0.29, 0.717) is 30.9 Å². The Kier molecular flexibility index (Phi) is 4.88. The summed E-state index contributed by atoms with van der Waals surface area (Å²) in [4.78, 5) is 25.9. The fourth-order valence-corrected chi connectivity index (χ4v) is 2.80. The molecule has 1 heterocycles. The zero-order chi connectivity index (χ0) is 17.8. The summed E-state index contributed by atoms with van der Waals surface area (Å²) in [6.45, 7) is 2.87. The third-order valence-corrected chi connectivity index (χ3v) is 4.12. The largest absolute Gasteiger partial charge is 0.497 e. The van der Waals surface area contributed by atoms with Crippen molar-refractivity contribution in [2.45, 2.75) is 19.9 Å². The lowest BCUT2D eigenvalue weighted by molar-refractivity contribution is -0.115. The number of nitrogens with one attached hydrogen (secondary N) is 2. The maximum atomic E-state index is 12.2. The van der Waals surface area contributed by atoms with Crippen LogP contribution in [-0.2, 0) is 11.3 Å². The molecule has 6 heteroatoms. The van der Waals surface area contributed by atoms with Crippen LogP contribution in [-0.4, -0.2) is 25.6 Å². The van der Waals surface area contributed by atoms with Gasteiger partial charge in [0.2, 0.25) is 5.91 Å². The molecule has 0 saturated carbocycles. The van der Waals surface area contributed by atoms with Gasteiger partial charge in [-0.3, -0.25) is 9.59 Å². The maximum absolute atomic E-state index is 12.2. The first kappa shape index (κ1) is 16.8. The molecule has 2 amide bonds. The van der Waals surface area contributed by atoms with Gasteiger partial charge in [-0.25, -0.2) is 0 Å². The molecule has 130 valence electrons. The molecule has 25 heavy (non-hydrogen) atoms. The van der Waals surface area contributed by atoms with Crippen molar-refractivity contribution in [3.8, 4) is 5.75 Å². The first-order chi connectivity index (χ1) is 12.1. The molecule has 3 rings (SSSR count). The number of hydrogen-bond acceptors (Lipinski definition) is 4. The Hall–Kier alpha value is -3.02. The first-order valence-electron chi connectivity index (χ1n) is 8.20. The minimum absolute atomic E-state index is 0.0793. The Bertz CT molecular complexity index is 804. The number of amides is 2. The summed E-state index contributed by atoms with van der Waals surface area (Å²) in [6, 6.07) is 13.3. The third-order valence-electron chi connectivity index (χ3n) is 4.12. The zero-order valence-corrected chi connectivity index (χ0v) is 14.3. The average molecular weight is 339 g/mol. The van der Waals surface area contributed by atoms with E-state index in [0.717, 1.165) is 17.0 Å². The van der Waals surface area contributed by atoms with E-state index < -0.39 is 0 Å². The minimum atomic E-state index is -0.135. The van der Waals surface area contributed by atoms with Crippen molar-refractivity contribution < 1.29 is 14.3 Å². The topological polar surface area (TPSA) is 70.7 Å². The smallest absolute Gasteiger partial charge is 0.254 e. The van der Waals surface area contributed by atoms with Crippen molar-refractivity contribution in [2.24, 2.45) is 0 Å². The standard InChI is InChI=1S/C19H21N3O3/c1-3-18(23)21-14-7-8-17-16(10-14)19(24)20-12-22(17)11-13-5-4-6-15(9-13)25-2/h4-10H,3,11-12H2,1-2H3,(H,20,24)(H,21,23). The molecule has 0 spiro atoms. The van der Waals surface area contributed by atoms with Crippen molar-refractivity contribution in [3.05, 3.63) is 53.6 Å². The monoisotopic (exact) mass is 339 g/mol. The summed E-state index contributed by atoms with van der Waals surface area (Å²) in [5.74, 6) is 0.588. The van der Waals surface area contributed by atoms with Gasteiger partial charge in [0.1, 0.15) is 5.75 Å². The van der Waals surface area contributed by atoms with E-state index in [-0.39, 0.29) is 11.8 Å². The van der Waals surface area contributed by atoms with Crippen LogP contribution < -0.4 is 20.3 Å². The van der Waals surface area contributed by atoms with Crippen LogP contribution in [0, 0.1) is 0 Å². The Morgan fingerprint density at radius 1 is 1.28 bits per heavy atom. The zero-order valence-electron chi connectivity index (χ0n) is 14.3. The molecule has 0 saturated heterocycles. The van der Waals surface area contributed by atoms with E-state index in [4.69, 9.17) is 4.74 Å². The number of methoxy groups -OCH3 is 1. The van der Waals surface area contributed by atoms with E-state index in [1.54, 1.807) is 20.1 Å². The van der Waals surface area contributed by atoms with Gasteiger partial charge in [-0.2, -0.15) is 0 Å². The normalized spacial score (nSPS) is 13.0. The number of nitrogens with zero attached hydrogens (tertiary/aromatic N) is 1. The van der Waals surface area contributed by atoms with Crippen LogP contribution in [0.4, 0.5) is 11.4 Å². The highest BCUT2D eigenvalue weighted by atomic mass is 16.5. The number of fused-ring (bicyclic) bond motifs is 1. The van der Waals surface area contributed by atoms with Crippen molar-refractivity contribution in [3.63, 3.8) is 0 Å². The van der Waals surface area contributed by atoms with Gasteiger partial charge < -0.3 is 20.3 Å². The molecule has 0 unspecified atom stereocenters. The third kappa shape index (κ3) is 3.74. The number of benzene rings is 2. The van der Waals surface area contributed by atoms with Crippen LogP contribution in [0.2, 0.25) is 0 Å². The lowest BCUT2D eigenvalue weighted by Crippen LogP contribution is -2.43. The van der Waals surface area contributed by atoms with Gasteiger partial charge in [0.15, 0.2) is 0 Å². The van der Waals surface area contributed by atoms with E-state index in [2.05, 4.69) is 15.5 Å². The van der Waals surface area contributed by atoms with Gasteiger partial charge in [0.25, 0.3) is 5.91 Å². The number of rotatable bonds is 5. The predicted octanol–water partition coefficient (Wildman–Crippen LogP) is 2.75. The van der Waals surface area contributed by atoms with Crippen LogP contribution in [0.25, 0.3) is 0 Å². The summed E-state index contributed by atoms with van der Waals surface area (Å²) < 4.78 is 5.27. The molecule has 0 radical (unpaired) electrons.